The number of primary amides is 1. The van der Waals surface area contributed by atoms with E-state index in [4.69, 9.17) is 15.2 Å². The summed E-state index contributed by atoms with van der Waals surface area (Å²) in [5, 5.41) is 3.40. The Morgan fingerprint density at radius 2 is 1.76 bits per heavy atom. The number of nitrogens with two attached hydrogens (primary N) is 1. The van der Waals surface area contributed by atoms with Crippen molar-refractivity contribution in [1.82, 2.24) is 14.8 Å². The van der Waals surface area contributed by atoms with Crippen LogP contribution < -0.4 is 25.4 Å². The SMILES string of the molecule is COc1cc(C(=O)N(C)c2ccc(C)cc2OCCCCC(=C=O)N2CCN(C)CC2)ccc1NC(=O)c1cccc2[nH]c(C(N)=O)cc12.Cl. The molecule has 3 amide bonds. The van der Waals surface area contributed by atoms with Gasteiger partial charge >= 0.3 is 0 Å². The lowest BCUT2D eigenvalue weighted by Crippen LogP contribution is -2.44. The summed E-state index contributed by atoms with van der Waals surface area (Å²) in [6, 6.07) is 17.1. The smallest absolute Gasteiger partial charge is 0.265 e. The first-order valence-corrected chi connectivity index (χ1v) is 16.2. The van der Waals surface area contributed by atoms with Crippen molar-refractivity contribution in [3.8, 4) is 11.5 Å². The molecule has 1 aromatic heterocycles. The number of halogens is 1. The maximum absolute atomic E-state index is 13.7. The summed E-state index contributed by atoms with van der Waals surface area (Å²) in [6.07, 6.45) is 2.16. The molecule has 0 atom stereocenters. The van der Waals surface area contributed by atoms with Gasteiger partial charge in [0.25, 0.3) is 17.7 Å². The van der Waals surface area contributed by atoms with Gasteiger partial charge in [0, 0.05) is 55.3 Å². The highest BCUT2D eigenvalue weighted by molar-refractivity contribution is 6.14. The molecule has 2 heterocycles. The number of hydrogen-bond acceptors (Lipinski definition) is 8. The van der Waals surface area contributed by atoms with E-state index in [1.807, 2.05) is 25.1 Å². The Labute approximate surface area is 297 Å². The monoisotopic (exact) mass is 702 g/mol. The number of ether oxygens (including phenoxy) is 2. The summed E-state index contributed by atoms with van der Waals surface area (Å²) >= 11 is 0. The Kier molecular flexibility index (Phi) is 12.7. The number of nitrogens with one attached hydrogen (secondary N) is 2. The average Bonchev–Trinajstić information content (AvgIpc) is 3.55. The van der Waals surface area contributed by atoms with Crippen LogP contribution in [0.2, 0.25) is 0 Å². The van der Waals surface area contributed by atoms with Crippen LogP contribution in [0, 0.1) is 6.92 Å². The Morgan fingerprint density at radius 3 is 2.46 bits per heavy atom. The van der Waals surface area contributed by atoms with Gasteiger partial charge in [-0.25, -0.2) is 4.79 Å². The van der Waals surface area contributed by atoms with Crippen LogP contribution in [0.3, 0.4) is 0 Å². The van der Waals surface area contributed by atoms with Crippen molar-refractivity contribution in [3.05, 3.63) is 88.7 Å². The number of nitrogens with zero attached hydrogens (tertiary/aromatic N) is 3. The molecule has 1 aliphatic heterocycles. The summed E-state index contributed by atoms with van der Waals surface area (Å²) in [4.78, 5) is 59.1. The molecule has 1 saturated heterocycles. The van der Waals surface area contributed by atoms with Crippen molar-refractivity contribution in [1.29, 1.82) is 0 Å². The third-order valence-corrected chi connectivity index (χ3v) is 8.72. The molecule has 264 valence electrons. The van der Waals surface area contributed by atoms with Crippen LogP contribution in [0.4, 0.5) is 11.4 Å². The van der Waals surface area contributed by atoms with Crippen LogP contribution in [0.15, 0.2) is 66.4 Å². The lowest BCUT2D eigenvalue weighted by molar-refractivity contribution is 0.0986. The summed E-state index contributed by atoms with van der Waals surface area (Å²) in [5.74, 6) is 1.67. The highest BCUT2D eigenvalue weighted by Gasteiger charge is 2.21. The molecule has 0 radical (unpaired) electrons. The Balaban J connectivity index is 0.00000562. The van der Waals surface area contributed by atoms with E-state index in [2.05, 4.69) is 33.1 Å². The summed E-state index contributed by atoms with van der Waals surface area (Å²) in [5.41, 5.74) is 9.57. The van der Waals surface area contributed by atoms with E-state index >= 15 is 0 Å². The molecule has 1 fully saturated rings. The number of piperazine rings is 1. The first-order chi connectivity index (χ1) is 23.6. The van der Waals surface area contributed by atoms with Crippen LogP contribution in [0.25, 0.3) is 10.9 Å². The molecule has 4 N–H and O–H groups in total. The maximum atomic E-state index is 13.7. The molecular weight excluding hydrogens is 660 g/mol. The second-order valence-electron chi connectivity index (χ2n) is 12.2. The van der Waals surface area contributed by atoms with Crippen molar-refractivity contribution < 1.29 is 28.7 Å². The standard InChI is InChI=1S/C37H42N6O6.ClH/c1-24-11-14-32(34(20-24)49-19-6-5-8-26(23-44)43-17-15-41(2)16-18-43)42(3)37(47)25-12-13-30(33(21-25)48-4)40-36(46)27-9-7-10-29-28(27)22-31(39-29)35(38)45;/h7,9-14,20-22,39H,5-6,8,15-19H2,1-4H3,(H2,38,45)(H,40,46);1H. The quantitative estimate of drug-likeness (QED) is 0.130. The number of fused-ring (bicyclic) bond motifs is 1. The number of H-pyrrole nitrogens is 1. The molecule has 12 nitrogen and oxygen atoms in total. The molecule has 3 aromatic carbocycles. The number of rotatable bonds is 13. The number of carbonyl (C=O) groups excluding carboxylic acids is 4. The van der Waals surface area contributed by atoms with E-state index in [0.717, 1.165) is 44.6 Å². The highest BCUT2D eigenvalue weighted by atomic mass is 35.5. The van der Waals surface area contributed by atoms with Crippen LogP contribution >= 0.6 is 12.4 Å². The number of likely N-dealkylation sites (N-methyl/N-ethyl adjacent to an activating group) is 1. The van der Waals surface area contributed by atoms with E-state index < -0.39 is 11.8 Å². The number of carbonyl (C=O) groups is 3. The number of aryl methyl sites for hydroxylation is 1. The molecule has 0 spiro atoms. The third kappa shape index (κ3) is 8.64. The van der Waals surface area contributed by atoms with E-state index in [0.29, 0.717) is 63.6 Å². The summed E-state index contributed by atoms with van der Waals surface area (Å²) in [7, 11) is 5.22. The second-order valence-corrected chi connectivity index (χ2v) is 12.2. The van der Waals surface area contributed by atoms with Crippen molar-refractivity contribution in [3.63, 3.8) is 0 Å². The fourth-order valence-corrected chi connectivity index (χ4v) is 5.85. The van der Waals surface area contributed by atoms with Crippen LogP contribution in [0.1, 0.15) is 56.0 Å². The van der Waals surface area contributed by atoms with E-state index in [-0.39, 0.29) is 24.0 Å². The Morgan fingerprint density at radius 1 is 1.00 bits per heavy atom. The zero-order chi connectivity index (χ0) is 35.1. The predicted molar refractivity (Wildman–Crippen MR) is 197 cm³/mol. The maximum Gasteiger partial charge on any atom is 0.265 e. The minimum atomic E-state index is -0.627. The van der Waals surface area contributed by atoms with Gasteiger partial charge in [-0.3, -0.25) is 14.4 Å². The van der Waals surface area contributed by atoms with Gasteiger partial charge in [-0.15, -0.1) is 12.4 Å². The minimum Gasteiger partial charge on any atom is -0.495 e. The second kappa shape index (κ2) is 16.9. The van der Waals surface area contributed by atoms with E-state index in [9.17, 15) is 19.2 Å². The molecule has 0 bridgehead atoms. The number of benzene rings is 3. The Bertz CT molecular complexity index is 1910. The Hall–Kier alpha value is -5.29. The zero-order valence-corrected chi connectivity index (χ0v) is 29.5. The summed E-state index contributed by atoms with van der Waals surface area (Å²) in [6.45, 7) is 5.91. The number of hydrogen-bond donors (Lipinski definition) is 3. The minimum absolute atomic E-state index is 0. The van der Waals surface area contributed by atoms with Crippen LogP contribution in [-0.2, 0) is 4.79 Å². The lowest BCUT2D eigenvalue weighted by atomic mass is 10.1. The van der Waals surface area contributed by atoms with Crippen molar-refractivity contribution in [2.75, 3.05) is 64.2 Å². The fourth-order valence-electron chi connectivity index (χ4n) is 5.85. The first-order valence-electron chi connectivity index (χ1n) is 16.2. The van der Waals surface area contributed by atoms with Gasteiger partial charge in [-0.2, -0.15) is 0 Å². The van der Waals surface area contributed by atoms with Crippen molar-refractivity contribution >= 4 is 58.3 Å². The van der Waals surface area contributed by atoms with Gasteiger partial charge in [0.2, 0.25) is 0 Å². The molecule has 1 aliphatic rings. The first kappa shape index (κ1) is 37.5. The third-order valence-electron chi connectivity index (χ3n) is 8.72. The predicted octanol–water partition coefficient (Wildman–Crippen LogP) is 5.05. The average molecular weight is 703 g/mol. The largest absolute Gasteiger partial charge is 0.495 e. The van der Waals surface area contributed by atoms with Gasteiger partial charge in [0.1, 0.15) is 23.1 Å². The number of amides is 3. The van der Waals surface area contributed by atoms with Crippen molar-refractivity contribution in [2.45, 2.75) is 26.2 Å². The molecular formula is C37H43ClN6O6. The number of allylic oxidation sites excluding steroid dienone is 1. The number of unbranched alkanes of at least 4 members (excludes halogenated alkanes) is 1. The number of aromatic nitrogens is 1. The van der Waals surface area contributed by atoms with Crippen LogP contribution in [0.5, 0.6) is 11.5 Å². The number of aromatic amines is 1. The van der Waals surface area contributed by atoms with Gasteiger partial charge < -0.3 is 40.2 Å². The van der Waals surface area contributed by atoms with Crippen LogP contribution in [-0.4, -0.2) is 92.4 Å². The van der Waals surface area contributed by atoms with Crippen molar-refractivity contribution in [2.24, 2.45) is 5.73 Å². The fraction of sp³-hybridized carbons (Fsp3) is 0.324. The normalized spacial score (nSPS) is 12.8. The summed E-state index contributed by atoms with van der Waals surface area (Å²) < 4.78 is 11.7. The topological polar surface area (TPSA) is 150 Å². The van der Waals surface area contributed by atoms with Gasteiger partial charge in [0.05, 0.1) is 30.8 Å². The highest BCUT2D eigenvalue weighted by Crippen LogP contribution is 2.32. The lowest BCUT2D eigenvalue weighted by Gasteiger charge is -2.34. The molecule has 5 rings (SSSR count). The van der Waals surface area contributed by atoms with Gasteiger partial charge in [0.15, 0.2) is 0 Å². The number of methoxy groups -OCH3 is 1. The molecule has 50 heavy (non-hydrogen) atoms. The van der Waals surface area contributed by atoms with Gasteiger partial charge in [-0.05, 0) is 87.3 Å². The zero-order valence-electron chi connectivity index (χ0n) is 28.7. The molecule has 0 aliphatic carbocycles. The molecule has 0 saturated carbocycles. The van der Waals surface area contributed by atoms with E-state index in [1.54, 1.807) is 49.5 Å². The molecule has 0 unspecified atom stereocenters. The number of anilines is 2. The van der Waals surface area contributed by atoms with E-state index in [1.165, 1.54) is 12.0 Å². The molecule has 4 aromatic rings. The van der Waals surface area contributed by atoms with Gasteiger partial charge in [-0.1, -0.05) is 12.1 Å². The molecule has 13 heteroatoms.